The molecule has 0 radical (unpaired) electrons. The van der Waals surface area contributed by atoms with Crippen LogP contribution in [0.1, 0.15) is 0 Å². The van der Waals surface area contributed by atoms with Crippen LogP contribution in [0.4, 0.5) is 5.69 Å². The fraction of sp³-hybridized carbons (Fsp3) is 0.400. The number of aromatic nitrogens is 2. The lowest BCUT2D eigenvalue weighted by Gasteiger charge is -2.01. The molecule has 0 aliphatic heterocycles. The van der Waals surface area contributed by atoms with E-state index >= 15 is 0 Å². The monoisotopic (exact) mass is 286 g/mol. The molecule has 0 atom stereocenters. The molecule has 2 amide bonds. The predicted octanol–water partition coefficient (Wildman–Crippen LogP) is -0.615. The fourth-order valence-corrected chi connectivity index (χ4v) is 1.70. The van der Waals surface area contributed by atoms with Crippen molar-refractivity contribution in [3.05, 3.63) is 12.4 Å². The molecule has 0 bridgehead atoms. The summed E-state index contributed by atoms with van der Waals surface area (Å²) in [6, 6.07) is 0. The average Bonchev–Trinajstić information content (AvgIpc) is 2.75. The number of thioether (sulfide) groups is 1. The first-order valence-electron chi connectivity index (χ1n) is 5.33. The van der Waals surface area contributed by atoms with E-state index in [-0.39, 0.29) is 29.9 Å². The molecule has 0 fully saturated rings. The summed E-state index contributed by atoms with van der Waals surface area (Å²) in [5, 5.41) is 17.3. The van der Waals surface area contributed by atoms with Crippen LogP contribution in [0.15, 0.2) is 12.4 Å². The Morgan fingerprint density at radius 1 is 1.37 bits per heavy atom. The Morgan fingerprint density at radius 2 is 2.11 bits per heavy atom. The number of hydrogen-bond donors (Lipinski definition) is 3. The van der Waals surface area contributed by atoms with Gasteiger partial charge in [-0.05, 0) is 0 Å². The van der Waals surface area contributed by atoms with Crippen LogP contribution in [0.25, 0.3) is 0 Å². The molecule has 0 aromatic carbocycles. The summed E-state index contributed by atoms with van der Waals surface area (Å²) in [4.78, 5) is 32.8. The summed E-state index contributed by atoms with van der Waals surface area (Å²) >= 11 is 1.01. The highest BCUT2D eigenvalue weighted by molar-refractivity contribution is 8.00. The smallest absolute Gasteiger partial charge is 0.313 e. The van der Waals surface area contributed by atoms with Gasteiger partial charge in [0.1, 0.15) is 6.54 Å². The van der Waals surface area contributed by atoms with Gasteiger partial charge in [0.2, 0.25) is 11.8 Å². The minimum absolute atomic E-state index is 0.0485. The number of carbonyl (C=O) groups is 3. The maximum Gasteiger partial charge on any atom is 0.313 e. The van der Waals surface area contributed by atoms with Crippen molar-refractivity contribution in [1.29, 1.82) is 0 Å². The molecule has 0 saturated heterocycles. The van der Waals surface area contributed by atoms with Gasteiger partial charge in [0.05, 0.1) is 23.4 Å². The second-order valence-electron chi connectivity index (χ2n) is 3.53. The second-order valence-corrected chi connectivity index (χ2v) is 4.52. The van der Waals surface area contributed by atoms with Crippen molar-refractivity contribution in [3.63, 3.8) is 0 Å². The number of anilines is 1. The Labute approximate surface area is 113 Å². The van der Waals surface area contributed by atoms with Crippen molar-refractivity contribution >= 4 is 35.2 Å². The van der Waals surface area contributed by atoms with Crippen molar-refractivity contribution in [1.82, 2.24) is 15.1 Å². The van der Waals surface area contributed by atoms with E-state index in [0.717, 1.165) is 11.8 Å². The lowest BCUT2D eigenvalue weighted by Crippen LogP contribution is -2.23. The Kier molecular flexibility index (Phi) is 5.86. The minimum Gasteiger partial charge on any atom is -0.481 e. The van der Waals surface area contributed by atoms with Crippen LogP contribution < -0.4 is 10.6 Å². The fourth-order valence-electron chi connectivity index (χ4n) is 1.17. The standard InChI is InChI=1S/C10H14N4O4S/c1-11-8(15)4-14-3-7(2-12-14)13-9(16)5-19-6-10(17)18/h2-3H,4-6H2,1H3,(H,11,15)(H,13,16)(H,17,18). The highest BCUT2D eigenvalue weighted by Crippen LogP contribution is 2.06. The van der Waals surface area contributed by atoms with Gasteiger partial charge < -0.3 is 15.7 Å². The van der Waals surface area contributed by atoms with Crippen LogP contribution in [0.5, 0.6) is 0 Å². The highest BCUT2D eigenvalue weighted by Gasteiger charge is 2.07. The molecule has 19 heavy (non-hydrogen) atoms. The molecular formula is C10H14N4O4S. The van der Waals surface area contributed by atoms with E-state index < -0.39 is 5.97 Å². The second kappa shape index (κ2) is 7.41. The third kappa shape index (κ3) is 5.91. The molecule has 0 unspecified atom stereocenters. The summed E-state index contributed by atoms with van der Waals surface area (Å²) in [5.41, 5.74) is 0.463. The Bertz CT molecular complexity index is 474. The molecule has 0 aliphatic carbocycles. The van der Waals surface area contributed by atoms with Gasteiger partial charge in [0, 0.05) is 13.2 Å². The molecule has 0 spiro atoms. The van der Waals surface area contributed by atoms with Gasteiger partial charge in [-0.1, -0.05) is 0 Å². The van der Waals surface area contributed by atoms with Gasteiger partial charge in [-0.2, -0.15) is 5.10 Å². The highest BCUT2D eigenvalue weighted by atomic mass is 32.2. The molecule has 104 valence electrons. The third-order valence-corrected chi connectivity index (χ3v) is 2.88. The summed E-state index contributed by atoms with van der Waals surface area (Å²) in [6.45, 7) is 0.0696. The number of carboxylic acids is 1. The zero-order valence-corrected chi connectivity index (χ0v) is 11.1. The minimum atomic E-state index is -0.962. The molecule has 1 aromatic rings. The molecule has 0 aliphatic rings. The van der Waals surface area contributed by atoms with E-state index in [2.05, 4.69) is 15.7 Å². The van der Waals surface area contributed by atoms with Crippen molar-refractivity contribution in [3.8, 4) is 0 Å². The Balaban J connectivity index is 2.38. The van der Waals surface area contributed by atoms with E-state index in [4.69, 9.17) is 5.11 Å². The molecule has 1 heterocycles. The van der Waals surface area contributed by atoms with E-state index in [9.17, 15) is 14.4 Å². The van der Waals surface area contributed by atoms with Gasteiger partial charge in [-0.15, -0.1) is 11.8 Å². The first kappa shape index (κ1) is 15.0. The van der Waals surface area contributed by atoms with Crippen LogP contribution in [0.3, 0.4) is 0 Å². The third-order valence-electron chi connectivity index (χ3n) is 1.96. The zero-order chi connectivity index (χ0) is 14.3. The van der Waals surface area contributed by atoms with Crippen LogP contribution in [0.2, 0.25) is 0 Å². The maximum atomic E-state index is 11.4. The topological polar surface area (TPSA) is 113 Å². The van der Waals surface area contributed by atoms with E-state index in [0.29, 0.717) is 5.69 Å². The van der Waals surface area contributed by atoms with Gasteiger partial charge in [0.25, 0.3) is 0 Å². The van der Waals surface area contributed by atoms with E-state index in [1.165, 1.54) is 24.1 Å². The lowest BCUT2D eigenvalue weighted by atomic mass is 10.5. The first-order chi connectivity index (χ1) is 9.01. The number of nitrogens with one attached hydrogen (secondary N) is 2. The van der Waals surface area contributed by atoms with Crippen LogP contribution in [-0.2, 0) is 20.9 Å². The van der Waals surface area contributed by atoms with Gasteiger partial charge in [-0.3, -0.25) is 19.1 Å². The Hall–Kier alpha value is -2.03. The number of amides is 2. The average molecular weight is 286 g/mol. The van der Waals surface area contributed by atoms with Crippen LogP contribution >= 0.6 is 11.8 Å². The summed E-state index contributed by atoms with van der Waals surface area (Å²) in [5.74, 6) is -1.55. The summed E-state index contributed by atoms with van der Waals surface area (Å²) in [6.07, 6.45) is 2.94. The zero-order valence-electron chi connectivity index (χ0n) is 10.3. The van der Waals surface area contributed by atoms with Crippen molar-refractivity contribution in [2.75, 3.05) is 23.9 Å². The van der Waals surface area contributed by atoms with Gasteiger partial charge >= 0.3 is 5.97 Å². The van der Waals surface area contributed by atoms with Crippen LogP contribution in [-0.4, -0.2) is 51.2 Å². The maximum absolute atomic E-state index is 11.4. The lowest BCUT2D eigenvalue weighted by molar-refractivity contribution is -0.134. The molecule has 9 heteroatoms. The molecular weight excluding hydrogens is 272 g/mol. The van der Waals surface area contributed by atoms with Crippen molar-refractivity contribution in [2.24, 2.45) is 0 Å². The molecule has 0 saturated carbocycles. The number of nitrogens with zero attached hydrogens (tertiary/aromatic N) is 2. The predicted molar refractivity (Wildman–Crippen MR) is 69.9 cm³/mol. The number of carboxylic acid groups (broad SMARTS) is 1. The molecule has 1 rings (SSSR count). The first-order valence-corrected chi connectivity index (χ1v) is 6.49. The van der Waals surface area contributed by atoms with Crippen LogP contribution in [0, 0.1) is 0 Å². The summed E-state index contributed by atoms with van der Waals surface area (Å²) in [7, 11) is 1.52. The SMILES string of the molecule is CNC(=O)Cn1cc(NC(=O)CSCC(=O)O)cn1. The largest absolute Gasteiger partial charge is 0.481 e. The van der Waals surface area contributed by atoms with E-state index in [1.807, 2.05) is 0 Å². The van der Waals surface area contributed by atoms with E-state index in [1.54, 1.807) is 0 Å². The van der Waals surface area contributed by atoms with Gasteiger partial charge in [-0.25, -0.2) is 0 Å². The number of likely N-dealkylation sites (N-methyl/N-ethyl adjacent to an activating group) is 1. The van der Waals surface area contributed by atoms with Gasteiger partial charge in [0.15, 0.2) is 0 Å². The molecule has 3 N–H and O–H groups in total. The number of carbonyl (C=O) groups excluding carboxylic acids is 2. The number of rotatable bonds is 7. The summed E-state index contributed by atoms with van der Waals surface area (Å²) < 4.78 is 1.39. The van der Waals surface area contributed by atoms with Crippen molar-refractivity contribution < 1.29 is 19.5 Å². The Morgan fingerprint density at radius 3 is 2.74 bits per heavy atom. The molecule has 8 nitrogen and oxygen atoms in total. The molecule has 1 aromatic heterocycles. The number of hydrogen-bond acceptors (Lipinski definition) is 5. The van der Waals surface area contributed by atoms with Crippen molar-refractivity contribution in [2.45, 2.75) is 6.54 Å². The normalized spacial score (nSPS) is 9.95. The number of aliphatic carboxylic acids is 1. The quantitative estimate of drug-likeness (QED) is 0.616.